The maximum absolute atomic E-state index is 13.7. The third-order valence-corrected chi connectivity index (χ3v) is 4.63. The molecule has 1 N–H and O–H groups in total. The van der Waals surface area contributed by atoms with Crippen molar-refractivity contribution < 1.29 is 18.4 Å². The van der Waals surface area contributed by atoms with Crippen LogP contribution in [-0.4, -0.2) is 11.8 Å². The van der Waals surface area contributed by atoms with Crippen LogP contribution in [0.1, 0.15) is 11.1 Å². The highest BCUT2D eigenvalue weighted by molar-refractivity contribution is 6.46. The molecule has 0 saturated carbocycles. The number of amides is 2. The molecule has 0 aromatic heterocycles. The number of rotatable bonds is 4. The Morgan fingerprint density at radius 3 is 2.14 bits per heavy atom. The van der Waals surface area contributed by atoms with Crippen LogP contribution in [0.25, 0.3) is 5.57 Å². The van der Waals surface area contributed by atoms with Crippen LogP contribution in [0, 0.1) is 18.6 Å². The Labute approximate surface area is 166 Å². The van der Waals surface area contributed by atoms with Crippen LogP contribution in [0.3, 0.4) is 0 Å². The van der Waals surface area contributed by atoms with Crippen molar-refractivity contribution in [1.82, 2.24) is 0 Å². The normalized spacial score (nSPS) is 14.0. The number of nitrogens with one attached hydrogen (secondary N) is 1. The van der Waals surface area contributed by atoms with Gasteiger partial charge >= 0.3 is 0 Å². The van der Waals surface area contributed by atoms with Crippen molar-refractivity contribution in [2.75, 3.05) is 10.2 Å². The highest BCUT2D eigenvalue weighted by Crippen LogP contribution is 2.34. The number of hydrogen-bond acceptors (Lipinski definition) is 3. The largest absolute Gasteiger partial charge is 0.350 e. The number of carbonyl (C=O) groups is 2. The summed E-state index contributed by atoms with van der Waals surface area (Å²) in [5, 5.41) is 3.02. The quantitative estimate of drug-likeness (QED) is 0.659. The van der Waals surface area contributed by atoms with Crippen molar-refractivity contribution in [3.63, 3.8) is 0 Å². The Morgan fingerprint density at radius 1 is 0.793 bits per heavy atom. The van der Waals surface area contributed by atoms with Gasteiger partial charge in [-0.25, -0.2) is 13.7 Å². The van der Waals surface area contributed by atoms with Gasteiger partial charge < -0.3 is 5.32 Å². The minimum atomic E-state index is -1.13. The van der Waals surface area contributed by atoms with Crippen LogP contribution >= 0.6 is 0 Å². The highest BCUT2D eigenvalue weighted by Gasteiger charge is 2.40. The summed E-state index contributed by atoms with van der Waals surface area (Å²) < 4.78 is 27.1. The Balaban J connectivity index is 1.81. The van der Waals surface area contributed by atoms with E-state index in [2.05, 4.69) is 5.32 Å². The first-order valence-electron chi connectivity index (χ1n) is 8.93. The molecule has 0 aliphatic carbocycles. The minimum Gasteiger partial charge on any atom is -0.350 e. The standard InChI is InChI=1S/C23H16F2N2O2/c1-14-7-9-16(10-8-14)26-21-20(15-5-3-2-4-6-15)22(28)27(23(21)29)17-11-12-18(24)19(25)13-17/h2-13,26H,1H3. The fourth-order valence-electron chi connectivity index (χ4n) is 3.16. The fourth-order valence-corrected chi connectivity index (χ4v) is 3.16. The maximum atomic E-state index is 13.7. The second kappa shape index (κ2) is 7.31. The average molecular weight is 390 g/mol. The zero-order chi connectivity index (χ0) is 20.5. The molecule has 0 bridgehead atoms. The second-order valence-corrected chi connectivity index (χ2v) is 6.65. The first-order chi connectivity index (χ1) is 14.0. The Bertz CT molecular complexity index is 1140. The van der Waals surface area contributed by atoms with Crippen molar-refractivity contribution in [2.24, 2.45) is 0 Å². The lowest BCUT2D eigenvalue weighted by Crippen LogP contribution is -2.32. The van der Waals surface area contributed by atoms with Gasteiger partial charge in [0.15, 0.2) is 11.6 Å². The summed E-state index contributed by atoms with van der Waals surface area (Å²) in [6.07, 6.45) is 0. The number of halogens is 2. The number of nitrogens with zero attached hydrogens (tertiary/aromatic N) is 1. The molecule has 4 rings (SSSR count). The molecule has 3 aromatic rings. The third kappa shape index (κ3) is 3.40. The molecule has 3 aromatic carbocycles. The number of imide groups is 1. The number of hydrogen-bond donors (Lipinski definition) is 1. The van der Waals surface area contributed by atoms with Gasteiger partial charge in [-0.1, -0.05) is 48.0 Å². The lowest BCUT2D eigenvalue weighted by atomic mass is 10.0. The van der Waals surface area contributed by atoms with Crippen LogP contribution in [0.15, 0.2) is 78.5 Å². The van der Waals surface area contributed by atoms with E-state index in [0.29, 0.717) is 11.3 Å². The molecule has 6 heteroatoms. The van der Waals surface area contributed by atoms with E-state index in [1.807, 2.05) is 19.1 Å². The van der Waals surface area contributed by atoms with Gasteiger partial charge in [-0.15, -0.1) is 0 Å². The van der Waals surface area contributed by atoms with Crippen molar-refractivity contribution >= 4 is 28.8 Å². The number of benzene rings is 3. The summed E-state index contributed by atoms with van der Waals surface area (Å²) in [5.74, 6) is -3.44. The molecular formula is C23H16F2N2O2. The van der Waals surface area contributed by atoms with E-state index in [-0.39, 0.29) is 17.0 Å². The number of anilines is 2. The SMILES string of the molecule is Cc1ccc(NC2=C(c3ccccc3)C(=O)N(c3ccc(F)c(F)c3)C2=O)cc1. The predicted molar refractivity (Wildman–Crippen MR) is 107 cm³/mol. The molecule has 0 atom stereocenters. The van der Waals surface area contributed by atoms with Gasteiger partial charge in [-0.3, -0.25) is 9.59 Å². The van der Waals surface area contributed by atoms with Gasteiger partial charge in [0.05, 0.1) is 11.3 Å². The zero-order valence-electron chi connectivity index (χ0n) is 15.4. The summed E-state index contributed by atoms with van der Waals surface area (Å²) in [4.78, 5) is 27.1. The molecule has 0 radical (unpaired) electrons. The molecule has 0 saturated heterocycles. The summed E-state index contributed by atoms with van der Waals surface area (Å²) in [7, 11) is 0. The Hall–Kier alpha value is -3.80. The van der Waals surface area contributed by atoms with E-state index in [9.17, 15) is 18.4 Å². The predicted octanol–water partition coefficient (Wildman–Crippen LogP) is 4.67. The molecular weight excluding hydrogens is 374 g/mol. The topological polar surface area (TPSA) is 49.4 Å². The Morgan fingerprint density at radius 2 is 1.48 bits per heavy atom. The van der Waals surface area contributed by atoms with Gasteiger partial charge in [0, 0.05) is 11.8 Å². The summed E-state index contributed by atoms with van der Waals surface area (Å²) in [6, 6.07) is 19.0. The molecule has 0 unspecified atom stereocenters. The first-order valence-corrected chi connectivity index (χ1v) is 8.93. The smallest absolute Gasteiger partial charge is 0.282 e. The summed E-state index contributed by atoms with van der Waals surface area (Å²) in [6.45, 7) is 1.94. The molecule has 1 heterocycles. The summed E-state index contributed by atoms with van der Waals surface area (Å²) in [5.41, 5.74) is 2.44. The molecule has 29 heavy (non-hydrogen) atoms. The highest BCUT2D eigenvalue weighted by atomic mass is 19.2. The lowest BCUT2D eigenvalue weighted by molar-refractivity contribution is -0.120. The van der Waals surface area contributed by atoms with E-state index >= 15 is 0 Å². The lowest BCUT2D eigenvalue weighted by Gasteiger charge is -2.15. The van der Waals surface area contributed by atoms with E-state index in [0.717, 1.165) is 22.6 Å². The molecule has 0 spiro atoms. The van der Waals surface area contributed by atoms with Gasteiger partial charge in [-0.05, 0) is 36.8 Å². The number of carbonyl (C=O) groups excluding carboxylic acids is 2. The van der Waals surface area contributed by atoms with Crippen LogP contribution in [0.5, 0.6) is 0 Å². The van der Waals surface area contributed by atoms with Crippen molar-refractivity contribution in [3.8, 4) is 0 Å². The van der Waals surface area contributed by atoms with Crippen LogP contribution in [-0.2, 0) is 9.59 Å². The van der Waals surface area contributed by atoms with Crippen molar-refractivity contribution in [1.29, 1.82) is 0 Å². The second-order valence-electron chi connectivity index (χ2n) is 6.65. The van der Waals surface area contributed by atoms with Gasteiger partial charge in [-0.2, -0.15) is 0 Å². The molecule has 1 aliphatic heterocycles. The third-order valence-electron chi connectivity index (χ3n) is 4.63. The van der Waals surface area contributed by atoms with Crippen molar-refractivity contribution in [2.45, 2.75) is 6.92 Å². The van der Waals surface area contributed by atoms with Crippen molar-refractivity contribution in [3.05, 3.63) is 101 Å². The minimum absolute atomic E-state index is 0.0342. The van der Waals surface area contributed by atoms with Gasteiger partial charge in [0.2, 0.25) is 0 Å². The Kier molecular flexibility index (Phi) is 4.68. The van der Waals surface area contributed by atoms with Crippen LogP contribution in [0.4, 0.5) is 20.2 Å². The molecule has 144 valence electrons. The summed E-state index contributed by atoms with van der Waals surface area (Å²) >= 11 is 0. The average Bonchev–Trinajstić information content (AvgIpc) is 2.96. The zero-order valence-corrected chi connectivity index (χ0v) is 15.4. The molecule has 1 aliphatic rings. The van der Waals surface area contributed by atoms with E-state index < -0.39 is 23.4 Å². The molecule has 4 nitrogen and oxygen atoms in total. The van der Waals surface area contributed by atoms with Crippen LogP contribution < -0.4 is 10.2 Å². The van der Waals surface area contributed by atoms with E-state index in [1.165, 1.54) is 6.07 Å². The van der Waals surface area contributed by atoms with E-state index in [4.69, 9.17) is 0 Å². The van der Waals surface area contributed by atoms with Gasteiger partial charge in [0.25, 0.3) is 11.8 Å². The molecule has 2 amide bonds. The van der Waals surface area contributed by atoms with Crippen LogP contribution in [0.2, 0.25) is 0 Å². The number of aryl methyl sites for hydroxylation is 1. The van der Waals surface area contributed by atoms with E-state index in [1.54, 1.807) is 42.5 Å². The first kappa shape index (κ1) is 18.6. The molecule has 0 fully saturated rings. The maximum Gasteiger partial charge on any atom is 0.282 e. The van der Waals surface area contributed by atoms with Gasteiger partial charge in [0.1, 0.15) is 5.70 Å². The monoisotopic (exact) mass is 390 g/mol. The fraction of sp³-hybridized carbons (Fsp3) is 0.0435.